The van der Waals surface area contributed by atoms with Crippen molar-refractivity contribution in [3.05, 3.63) is 64.2 Å². The van der Waals surface area contributed by atoms with Crippen LogP contribution < -0.4 is 5.32 Å². The lowest BCUT2D eigenvalue weighted by Crippen LogP contribution is -2.23. The molecule has 0 saturated heterocycles. The Morgan fingerprint density at radius 1 is 1.37 bits per heavy atom. The number of nitrogens with one attached hydrogen (secondary N) is 1. The minimum absolute atomic E-state index is 0.200. The molecule has 2 rings (SSSR count). The summed E-state index contributed by atoms with van der Waals surface area (Å²) in [6.07, 6.45) is 1.69. The van der Waals surface area contributed by atoms with E-state index in [4.69, 9.17) is 11.6 Å². The van der Waals surface area contributed by atoms with Crippen molar-refractivity contribution in [3.8, 4) is 0 Å². The van der Waals surface area contributed by atoms with Crippen molar-refractivity contribution in [2.45, 2.75) is 19.9 Å². The zero-order valence-electron chi connectivity index (χ0n) is 11.0. The fourth-order valence-corrected chi connectivity index (χ4v) is 2.21. The molecule has 1 heterocycles. The average molecular weight is 279 g/mol. The lowest BCUT2D eigenvalue weighted by Gasteiger charge is -2.19. The van der Waals surface area contributed by atoms with Crippen LogP contribution in [-0.2, 0) is 0 Å². The maximum Gasteiger partial charge on any atom is 0.126 e. The molecule has 0 aliphatic rings. The number of aromatic nitrogens is 1. The molecule has 0 aliphatic heterocycles. The summed E-state index contributed by atoms with van der Waals surface area (Å²) in [6, 6.07) is 8.58. The van der Waals surface area contributed by atoms with Crippen LogP contribution in [0.15, 0.2) is 36.5 Å². The van der Waals surface area contributed by atoms with Gasteiger partial charge in [-0.3, -0.25) is 4.98 Å². The van der Waals surface area contributed by atoms with Gasteiger partial charge in [0.05, 0.1) is 16.8 Å². The predicted octanol–water partition coefficient (Wildman–Crippen LogP) is 3.88. The molecule has 2 nitrogen and oxygen atoms in total. The van der Waals surface area contributed by atoms with E-state index in [1.54, 1.807) is 31.3 Å². The molecule has 19 heavy (non-hydrogen) atoms. The van der Waals surface area contributed by atoms with E-state index in [1.807, 2.05) is 13.0 Å². The number of hydrogen-bond donors (Lipinski definition) is 1. The Kier molecular flexibility index (Phi) is 4.51. The average Bonchev–Trinajstić information content (AvgIpc) is 2.40. The first kappa shape index (κ1) is 14.0. The third-order valence-electron chi connectivity index (χ3n) is 3.00. The number of nitrogens with zero attached hydrogens (tertiary/aromatic N) is 1. The van der Waals surface area contributed by atoms with Crippen LogP contribution in [0.5, 0.6) is 0 Å². The third kappa shape index (κ3) is 3.11. The van der Waals surface area contributed by atoms with Crippen LogP contribution in [0.2, 0.25) is 5.02 Å². The van der Waals surface area contributed by atoms with Gasteiger partial charge >= 0.3 is 0 Å². The normalized spacial score (nSPS) is 12.4. The lowest BCUT2D eigenvalue weighted by molar-refractivity contribution is 0.591. The maximum absolute atomic E-state index is 13.7. The van der Waals surface area contributed by atoms with E-state index >= 15 is 0 Å². The zero-order chi connectivity index (χ0) is 13.8. The second-order valence-electron chi connectivity index (χ2n) is 4.37. The first-order chi connectivity index (χ1) is 9.13. The van der Waals surface area contributed by atoms with Crippen LogP contribution in [-0.4, -0.2) is 11.5 Å². The van der Waals surface area contributed by atoms with Crippen LogP contribution >= 0.6 is 11.6 Å². The Labute approximate surface area is 117 Å². The molecular formula is C15H16ClFN2. The van der Waals surface area contributed by atoms with E-state index in [1.165, 1.54) is 6.07 Å². The summed E-state index contributed by atoms with van der Waals surface area (Å²) in [7, 11) is 0. The van der Waals surface area contributed by atoms with Crippen LogP contribution in [0, 0.1) is 12.7 Å². The Balaban J connectivity index is 2.45. The van der Waals surface area contributed by atoms with E-state index in [0.29, 0.717) is 16.3 Å². The van der Waals surface area contributed by atoms with E-state index in [2.05, 4.69) is 10.3 Å². The van der Waals surface area contributed by atoms with Gasteiger partial charge in [-0.2, -0.15) is 0 Å². The Morgan fingerprint density at radius 2 is 2.16 bits per heavy atom. The van der Waals surface area contributed by atoms with E-state index in [-0.39, 0.29) is 11.9 Å². The highest BCUT2D eigenvalue weighted by atomic mass is 35.5. The van der Waals surface area contributed by atoms with Crippen LogP contribution in [0.4, 0.5) is 4.39 Å². The second kappa shape index (κ2) is 6.13. The number of halogens is 2. The number of aryl methyl sites for hydroxylation is 1. The Bertz CT molecular complexity index is 572. The molecule has 0 fully saturated rings. The van der Waals surface area contributed by atoms with Gasteiger partial charge in [0.1, 0.15) is 5.82 Å². The molecular weight excluding hydrogens is 263 g/mol. The van der Waals surface area contributed by atoms with Gasteiger partial charge in [-0.05, 0) is 42.8 Å². The highest BCUT2D eigenvalue weighted by Gasteiger charge is 2.18. The van der Waals surface area contributed by atoms with Gasteiger partial charge in [-0.1, -0.05) is 30.7 Å². The van der Waals surface area contributed by atoms with Gasteiger partial charge in [0, 0.05) is 6.20 Å². The summed E-state index contributed by atoms with van der Waals surface area (Å²) in [4.78, 5) is 4.31. The van der Waals surface area contributed by atoms with Crippen LogP contribution in [0.25, 0.3) is 0 Å². The molecule has 0 radical (unpaired) electrons. The van der Waals surface area contributed by atoms with E-state index < -0.39 is 0 Å². The fraction of sp³-hybridized carbons (Fsp3) is 0.267. The molecule has 1 N–H and O–H groups in total. The van der Waals surface area contributed by atoms with Crippen LogP contribution in [0.3, 0.4) is 0 Å². The minimum Gasteiger partial charge on any atom is -0.305 e. The van der Waals surface area contributed by atoms with E-state index in [9.17, 15) is 4.39 Å². The van der Waals surface area contributed by atoms with E-state index in [0.717, 1.165) is 12.1 Å². The summed E-state index contributed by atoms with van der Waals surface area (Å²) in [5.74, 6) is -0.215. The quantitative estimate of drug-likeness (QED) is 0.918. The fourth-order valence-electron chi connectivity index (χ4n) is 1.98. The molecule has 0 aliphatic carbocycles. The molecule has 2 aromatic rings. The molecule has 1 atom stereocenters. The third-order valence-corrected chi connectivity index (χ3v) is 3.32. The number of rotatable bonds is 4. The lowest BCUT2D eigenvalue weighted by atomic mass is 10.0. The summed E-state index contributed by atoms with van der Waals surface area (Å²) in [6.45, 7) is 4.48. The largest absolute Gasteiger partial charge is 0.305 e. The zero-order valence-corrected chi connectivity index (χ0v) is 11.7. The minimum atomic E-state index is -0.215. The molecule has 4 heteroatoms. The molecule has 0 saturated carbocycles. The Hall–Kier alpha value is -1.45. The van der Waals surface area contributed by atoms with Crippen molar-refractivity contribution in [3.63, 3.8) is 0 Å². The van der Waals surface area contributed by atoms with Crippen molar-refractivity contribution < 1.29 is 4.39 Å². The SMILES string of the molecule is CCNC(c1ccc(C)c(F)c1)c1ncccc1Cl. The highest BCUT2D eigenvalue weighted by Crippen LogP contribution is 2.27. The molecule has 0 bridgehead atoms. The summed E-state index contributed by atoms with van der Waals surface area (Å²) in [5, 5.41) is 3.87. The van der Waals surface area contributed by atoms with Crippen molar-refractivity contribution in [2.75, 3.05) is 6.54 Å². The molecule has 1 unspecified atom stereocenters. The first-order valence-electron chi connectivity index (χ1n) is 6.23. The van der Waals surface area contributed by atoms with Crippen LogP contribution in [0.1, 0.15) is 29.8 Å². The van der Waals surface area contributed by atoms with Gasteiger partial charge in [-0.15, -0.1) is 0 Å². The van der Waals surface area contributed by atoms with Gasteiger partial charge in [0.2, 0.25) is 0 Å². The Morgan fingerprint density at radius 3 is 2.79 bits per heavy atom. The molecule has 0 spiro atoms. The number of pyridine rings is 1. The van der Waals surface area contributed by atoms with Gasteiger partial charge in [0.15, 0.2) is 0 Å². The van der Waals surface area contributed by atoms with Crippen molar-refractivity contribution in [1.82, 2.24) is 10.3 Å². The number of benzene rings is 1. The molecule has 1 aromatic heterocycles. The van der Waals surface area contributed by atoms with Gasteiger partial charge in [0.25, 0.3) is 0 Å². The maximum atomic E-state index is 13.7. The highest BCUT2D eigenvalue weighted by molar-refractivity contribution is 6.31. The van der Waals surface area contributed by atoms with Crippen molar-refractivity contribution >= 4 is 11.6 Å². The predicted molar refractivity (Wildman–Crippen MR) is 75.9 cm³/mol. The van der Waals surface area contributed by atoms with Gasteiger partial charge in [-0.25, -0.2) is 4.39 Å². The summed E-state index contributed by atoms with van der Waals surface area (Å²) < 4.78 is 13.7. The summed E-state index contributed by atoms with van der Waals surface area (Å²) >= 11 is 6.18. The number of hydrogen-bond acceptors (Lipinski definition) is 2. The smallest absolute Gasteiger partial charge is 0.126 e. The topological polar surface area (TPSA) is 24.9 Å². The first-order valence-corrected chi connectivity index (χ1v) is 6.61. The monoisotopic (exact) mass is 278 g/mol. The molecule has 100 valence electrons. The van der Waals surface area contributed by atoms with Crippen molar-refractivity contribution in [2.24, 2.45) is 0 Å². The van der Waals surface area contributed by atoms with Crippen molar-refractivity contribution in [1.29, 1.82) is 0 Å². The standard InChI is InChI=1S/C15H16ClFN2/c1-3-18-14(15-12(16)5-4-8-19-15)11-7-6-10(2)13(17)9-11/h4-9,14,18H,3H2,1-2H3. The van der Waals surface area contributed by atoms with Gasteiger partial charge < -0.3 is 5.32 Å². The second-order valence-corrected chi connectivity index (χ2v) is 4.78. The molecule has 0 amide bonds. The summed E-state index contributed by atoms with van der Waals surface area (Å²) in [5.41, 5.74) is 2.17. The molecule has 1 aromatic carbocycles.